The quantitative estimate of drug-likeness (QED) is 0.849. The van der Waals surface area contributed by atoms with Crippen LogP contribution in [-0.2, 0) is 11.3 Å². The number of aryl methyl sites for hydroxylation is 1. The first-order chi connectivity index (χ1) is 8.43. The highest BCUT2D eigenvalue weighted by molar-refractivity contribution is 7.09. The van der Waals surface area contributed by atoms with Crippen LogP contribution >= 0.6 is 11.3 Å². The highest BCUT2D eigenvalue weighted by Gasteiger charge is 2.20. The number of carboxylic acids is 1. The molecule has 18 heavy (non-hydrogen) atoms. The Balaban J connectivity index is 2.53. The van der Waals surface area contributed by atoms with Crippen LogP contribution in [0.5, 0.6) is 0 Å². The van der Waals surface area contributed by atoms with Gasteiger partial charge < -0.3 is 15.3 Å². The predicted molar refractivity (Wildman–Crippen MR) is 68.6 cm³/mol. The molecule has 0 bridgehead atoms. The number of carbonyl (C=O) groups is 2. The van der Waals surface area contributed by atoms with Gasteiger partial charge in [0.15, 0.2) is 0 Å². The summed E-state index contributed by atoms with van der Waals surface area (Å²) in [7, 11) is 1.61. The van der Waals surface area contributed by atoms with E-state index in [1.807, 2.05) is 12.3 Å². The van der Waals surface area contributed by atoms with Crippen molar-refractivity contribution in [3.8, 4) is 0 Å². The molecule has 0 aliphatic heterocycles. The number of thiazole rings is 1. The summed E-state index contributed by atoms with van der Waals surface area (Å²) in [6, 6.07) is -1.26. The van der Waals surface area contributed by atoms with E-state index in [2.05, 4.69) is 10.3 Å². The second-order valence-corrected chi connectivity index (χ2v) is 5.02. The molecule has 6 nitrogen and oxygen atoms in total. The molecule has 0 spiro atoms. The van der Waals surface area contributed by atoms with Gasteiger partial charge >= 0.3 is 12.0 Å². The second kappa shape index (κ2) is 6.34. The van der Waals surface area contributed by atoms with Crippen molar-refractivity contribution in [2.24, 2.45) is 0 Å². The highest BCUT2D eigenvalue weighted by Crippen LogP contribution is 2.09. The zero-order valence-corrected chi connectivity index (χ0v) is 11.5. The molecule has 0 aliphatic carbocycles. The van der Waals surface area contributed by atoms with E-state index in [1.165, 1.54) is 16.2 Å². The lowest BCUT2D eigenvalue weighted by molar-refractivity contribution is -0.139. The molecule has 0 saturated heterocycles. The first-order valence-corrected chi connectivity index (χ1v) is 6.47. The SMILES string of the molecule is CCC(NC(=O)N(C)Cc1csc(C)n1)C(=O)O. The van der Waals surface area contributed by atoms with Crippen molar-refractivity contribution in [2.45, 2.75) is 32.9 Å². The summed E-state index contributed by atoms with van der Waals surface area (Å²) in [4.78, 5) is 28.2. The van der Waals surface area contributed by atoms with E-state index >= 15 is 0 Å². The third kappa shape index (κ3) is 3.99. The van der Waals surface area contributed by atoms with Crippen molar-refractivity contribution in [2.75, 3.05) is 7.05 Å². The van der Waals surface area contributed by atoms with Crippen molar-refractivity contribution in [3.05, 3.63) is 16.1 Å². The van der Waals surface area contributed by atoms with Crippen LogP contribution in [0.15, 0.2) is 5.38 Å². The number of carbonyl (C=O) groups excluding carboxylic acids is 1. The summed E-state index contributed by atoms with van der Waals surface area (Å²) in [5.74, 6) is -1.02. The summed E-state index contributed by atoms with van der Waals surface area (Å²) in [6.07, 6.45) is 0.352. The van der Waals surface area contributed by atoms with Crippen LogP contribution in [0.3, 0.4) is 0 Å². The fourth-order valence-electron chi connectivity index (χ4n) is 1.39. The van der Waals surface area contributed by atoms with E-state index in [0.717, 1.165) is 10.7 Å². The van der Waals surface area contributed by atoms with E-state index in [1.54, 1.807) is 14.0 Å². The molecule has 1 unspecified atom stereocenters. The van der Waals surface area contributed by atoms with Crippen LogP contribution < -0.4 is 5.32 Å². The largest absolute Gasteiger partial charge is 0.480 e. The molecule has 0 radical (unpaired) electrons. The minimum absolute atomic E-state index is 0.352. The molecular weight excluding hydrogens is 254 g/mol. The normalized spacial score (nSPS) is 11.9. The van der Waals surface area contributed by atoms with Crippen molar-refractivity contribution in [1.82, 2.24) is 15.2 Å². The Morgan fingerprint density at radius 1 is 1.61 bits per heavy atom. The number of rotatable bonds is 5. The van der Waals surface area contributed by atoms with Crippen LogP contribution in [0.4, 0.5) is 4.79 Å². The summed E-state index contributed by atoms with van der Waals surface area (Å²) in [6.45, 7) is 3.97. The Morgan fingerprint density at radius 2 is 2.28 bits per heavy atom. The number of hydrogen-bond acceptors (Lipinski definition) is 4. The fraction of sp³-hybridized carbons (Fsp3) is 0.545. The van der Waals surface area contributed by atoms with Crippen molar-refractivity contribution >= 4 is 23.3 Å². The maximum absolute atomic E-state index is 11.8. The van der Waals surface area contributed by atoms with Gasteiger partial charge in [0.25, 0.3) is 0 Å². The molecule has 1 aromatic rings. The molecule has 1 heterocycles. The Bertz CT molecular complexity index is 433. The van der Waals surface area contributed by atoms with Gasteiger partial charge in [0.1, 0.15) is 6.04 Å². The molecular formula is C11H17N3O3S. The summed E-state index contributed by atoms with van der Waals surface area (Å²) in [5, 5.41) is 14.1. The number of amides is 2. The highest BCUT2D eigenvalue weighted by atomic mass is 32.1. The van der Waals surface area contributed by atoms with Gasteiger partial charge in [-0.3, -0.25) is 0 Å². The van der Waals surface area contributed by atoms with Crippen molar-refractivity contribution in [3.63, 3.8) is 0 Å². The Labute approximate surface area is 110 Å². The monoisotopic (exact) mass is 271 g/mol. The minimum atomic E-state index is -1.02. The average molecular weight is 271 g/mol. The molecule has 0 fully saturated rings. The number of hydrogen-bond donors (Lipinski definition) is 2. The third-order valence-electron chi connectivity index (χ3n) is 2.42. The van der Waals surface area contributed by atoms with Gasteiger partial charge in [-0.2, -0.15) is 0 Å². The topological polar surface area (TPSA) is 82.5 Å². The van der Waals surface area contributed by atoms with Crippen LogP contribution in [0.1, 0.15) is 24.0 Å². The Hall–Kier alpha value is -1.63. The maximum atomic E-state index is 11.8. The predicted octanol–water partition coefficient (Wildman–Crippen LogP) is 1.46. The lowest BCUT2D eigenvalue weighted by atomic mass is 10.2. The fourth-order valence-corrected chi connectivity index (χ4v) is 2.00. The molecule has 0 saturated carbocycles. The molecule has 1 aromatic heterocycles. The zero-order chi connectivity index (χ0) is 13.7. The molecule has 1 atom stereocenters. The second-order valence-electron chi connectivity index (χ2n) is 3.96. The number of carboxylic acid groups (broad SMARTS) is 1. The zero-order valence-electron chi connectivity index (χ0n) is 10.6. The number of nitrogens with one attached hydrogen (secondary N) is 1. The van der Waals surface area contributed by atoms with E-state index < -0.39 is 18.0 Å². The van der Waals surface area contributed by atoms with Crippen LogP contribution in [0, 0.1) is 6.92 Å². The molecule has 100 valence electrons. The third-order valence-corrected chi connectivity index (χ3v) is 3.24. The summed E-state index contributed by atoms with van der Waals surface area (Å²) in [5.41, 5.74) is 0.804. The molecule has 2 N–H and O–H groups in total. The van der Waals surface area contributed by atoms with Crippen molar-refractivity contribution < 1.29 is 14.7 Å². The van der Waals surface area contributed by atoms with Gasteiger partial charge in [0, 0.05) is 12.4 Å². The average Bonchev–Trinajstić information content (AvgIpc) is 2.70. The van der Waals surface area contributed by atoms with Gasteiger partial charge in [-0.1, -0.05) is 6.92 Å². The summed E-state index contributed by atoms with van der Waals surface area (Å²) >= 11 is 1.52. The van der Waals surface area contributed by atoms with Crippen LogP contribution in [0.25, 0.3) is 0 Å². The van der Waals surface area contributed by atoms with E-state index in [9.17, 15) is 9.59 Å². The molecule has 0 aliphatic rings. The van der Waals surface area contributed by atoms with Gasteiger partial charge in [-0.25, -0.2) is 14.6 Å². The lowest BCUT2D eigenvalue weighted by Gasteiger charge is -2.19. The van der Waals surface area contributed by atoms with E-state index in [4.69, 9.17) is 5.11 Å². The minimum Gasteiger partial charge on any atom is -0.480 e. The number of aliphatic carboxylic acids is 1. The number of aromatic nitrogens is 1. The lowest BCUT2D eigenvalue weighted by Crippen LogP contribution is -2.46. The van der Waals surface area contributed by atoms with Crippen LogP contribution in [0.2, 0.25) is 0 Å². The van der Waals surface area contributed by atoms with Gasteiger partial charge in [-0.15, -0.1) is 11.3 Å². The summed E-state index contributed by atoms with van der Waals surface area (Å²) < 4.78 is 0. The van der Waals surface area contributed by atoms with Gasteiger partial charge in [0.2, 0.25) is 0 Å². The maximum Gasteiger partial charge on any atom is 0.326 e. The standard InChI is InChI=1S/C11H17N3O3S/c1-4-9(10(15)16)13-11(17)14(3)5-8-6-18-7(2)12-8/h6,9H,4-5H2,1-3H3,(H,13,17)(H,15,16). The van der Waals surface area contributed by atoms with Gasteiger partial charge in [-0.05, 0) is 13.3 Å². The molecule has 1 rings (SSSR count). The molecule has 0 aromatic carbocycles. The van der Waals surface area contributed by atoms with Gasteiger partial charge in [0.05, 0.1) is 17.2 Å². The first-order valence-electron chi connectivity index (χ1n) is 5.59. The number of nitrogens with zero attached hydrogens (tertiary/aromatic N) is 2. The number of urea groups is 1. The Kier molecular flexibility index (Phi) is 5.08. The molecule has 2 amide bonds. The van der Waals surface area contributed by atoms with E-state index in [-0.39, 0.29) is 0 Å². The Morgan fingerprint density at radius 3 is 2.72 bits per heavy atom. The van der Waals surface area contributed by atoms with Crippen LogP contribution in [-0.4, -0.2) is 40.1 Å². The first kappa shape index (κ1) is 14.4. The molecule has 7 heteroatoms. The van der Waals surface area contributed by atoms with E-state index in [0.29, 0.717) is 13.0 Å². The van der Waals surface area contributed by atoms with Crippen molar-refractivity contribution in [1.29, 1.82) is 0 Å². The smallest absolute Gasteiger partial charge is 0.326 e.